The highest BCUT2D eigenvalue weighted by Gasteiger charge is 2.34. The van der Waals surface area contributed by atoms with E-state index in [0.717, 1.165) is 30.9 Å². The van der Waals surface area contributed by atoms with Crippen LogP contribution in [0.3, 0.4) is 0 Å². The van der Waals surface area contributed by atoms with E-state index in [1.54, 1.807) is 7.11 Å². The Morgan fingerprint density at radius 1 is 1.48 bits per heavy atom. The van der Waals surface area contributed by atoms with Gasteiger partial charge >= 0.3 is 0 Å². The van der Waals surface area contributed by atoms with Crippen molar-refractivity contribution in [3.05, 3.63) is 4.88 Å². The van der Waals surface area contributed by atoms with Gasteiger partial charge in [0.2, 0.25) is 0 Å². The molecule has 1 aliphatic carbocycles. The topological polar surface area (TPSA) is 71.7 Å². The third-order valence-electron chi connectivity index (χ3n) is 3.51. The number of hydrogen-bond donors (Lipinski definition) is 1. The molecule has 1 amide bonds. The van der Waals surface area contributed by atoms with Gasteiger partial charge in [0.15, 0.2) is 5.13 Å². The number of anilines is 2. The number of rotatable bonds is 8. The van der Waals surface area contributed by atoms with E-state index in [9.17, 15) is 4.79 Å². The molecule has 21 heavy (non-hydrogen) atoms. The zero-order valence-electron chi connectivity index (χ0n) is 13.0. The molecule has 6 nitrogen and oxygen atoms in total. The van der Waals surface area contributed by atoms with Gasteiger partial charge in [0.1, 0.15) is 10.7 Å². The molecule has 0 atom stereocenters. The van der Waals surface area contributed by atoms with Gasteiger partial charge in [-0.1, -0.05) is 18.3 Å². The van der Waals surface area contributed by atoms with Gasteiger partial charge in [-0.3, -0.25) is 4.79 Å². The maximum absolute atomic E-state index is 12.7. The van der Waals surface area contributed by atoms with Crippen molar-refractivity contribution >= 4 is 28.2 Å². The molecule has 0 aromatic carbocycles. The van der Waals surface area contributed by atoms with Gasteiger partial charge in [-0.25, -0.2) is 4.98 Å². The maximum atomic E-state index is 12.7. The molecule has 1 aromatic heterocycles. The average Bonchev–Trinajstić information content (AvgIpc) is 3.21. The van der Waals surface area contributed by atoms with E-state index in [0.29, 0.717) is 29.9 Å². The average molecular weight is 312 g/mol. The number of amides is 1. The normalized spacial score (nSPS) is 14.2. The minimum absolute atomic E-state index is 0.0132. The zero-order chi connectivity index (χ0) is 15.4. The molecule has 1 saturated carbocycles. The van der Waals surface area contributed by atoms with Crippen LogP contribution < -0.4 is 10.6 Å². The summed E-state index contributed by atoms with van der Waals surface area (Å²) in [6, 6.07) is 0.339. The highest BCUT2D eigenvalue weighted by molar-refractivity contribution is 7.18. The van der Waals surface area contributed by atoms with E-state index < -0.39 is 0 Å². The second-order valence-electron chi connectivity index (χ2n) is 5.35. The van der Waals surface area contributed by atoms with Crippen LogP contribution in [0.1, 0.15) is 35.9 Å². The summed E-state index contributed by atoms with van der Waals surface area (Å²) >= 11 is 1.38. The largest absolute Gasteiger partial charge is 0.383 e. The molecule has 1 heterocycles. The molecule has 0 bridgehead atoms. The van der Waals surface area contributed by atoms with Gasteiger partial charge in [-0.2, -0.15) is 0 Å². The van der Waals surface area contributed by atoms with Crippen LogP contribution in [0, 0.1) is 0 Å². The number of hydrogen-bond acceptors (Lipinski definition) is 6. The van der Waals surface area contributed by atoms with Crippen LogP contribution in [0.4, 0.5) is 10.9 Å². The molecular formula is C14H24N4O2S. The number of nitrogens with two attached hydrogens (primary N) is 1. The summed E-state index contributed by atoms with van der Waals surface area (Å²) in [5.41, 5.74) is 5.96. The summed E-state index contributed by atoms with van der Waals surface area (Å²) in [5.74, 6) is 0.326. The predicted octanol–water partition coefficient (Wildman–Crippen LogP) is 1.82. The lowest BCUT2D eigenvalue weighted by Crippen LogP contribution is -2.35. The molecular weight excluding hydrogens is 288 g/mol. The molecule has 1 aromatic rings. The van der Waals surface area contributed by atoms with E-state index in [1.165, 1.54) is 11.3 Å². The van der Waals surface area contributed by atoms with E-state index in [2.05, 4.69) is 11.9 Å². The Kier molecular flexibility index (Phi) is 5.41. The monoisotopic (exact) mass is 312 g/mol. The standard InChI is InChI=1S/C14H24N4O2S/c1-4-7-17(2)14-16-12(15)11(21-14)13(19)18(8-9-20-3)10-5-6-10/h10H,4-9,15H2,1-3H3. The number of ether oxygens (including phenoxy) is 1. The molecule has 118 valence electrons. The van der Waals surface area contributed by atoms with Crippen molar-refractivity contribution in [3.63, 3.8) is 0 Å². The minimum Gasteiger partial charge on any atom is -0.383 e. The third-order valence-corrected chi connectivity index (χ3v) is 4.68. The fourth-order valence-electron chi connectivity index (χ4n) is 2.22. The quantitative estimate of drug-likeness (QED) is 0.793. The number of nitrogen functional groups attached to an aromatic ring is 1. The van der Waals surface area contributed by atoms with Crippen LogP contribution in [0.25, 0.3) is 0 Å². The Morgan fingerprint density at radius 2 is 2.19 bits per heavy atom. The molecule has 2 N–H and O–H groups in total. The number of nitrogens with zero attached hydrogens (tertiary/aromatic N) is 3. The lowest BCUT2D eigenvalue weighted by Gasteiger charge is -2.21. The van der Waals surface area contributed by atoms with Crippen molar-refractivity contribution in [1.82, 2.24) is 9.88 Å². The van der Waals surface area contributed by atoms with E-state index in [1.807, 2.05) is 16.8 Å². The fourth-order valence-corrected chi connectivity index (χ4v) is 3.15. The number of carbonyl (C=O) groups excluding carboxylic acids is 1. The van der Waals surface area contributed by atoms with Gasteiger partial charge in [-0.05, 0) is 19.3 Å². The van der Waals surface area contributed by atoms with Crippen molar-refractivity contribution in [2.75, 3.05) is 44.5 Å². The van der Waals surface area contributed by atoms with Gasteiger partial charge in [0, 0.05) is 33.3 Å². The molecule has 0 radical (unpaired) electrons. The van der Waals surface area contributed by atoms with E-state index in [-0.39, 0.29) is 5.91 Å². The minimum atomic E-state index is -0.0132. The number of thiazole rings is 1. The van der Waals surface area contributed by atoms with E-state index >= 15 is 0 Å². The SMILES string of the molecule is CCCN(C)c1nc(N)c(C(=O)N(CCOC)C2CC2)s1. The van der Waals surface area contributed by atoms with Crippen LogP contribution in [0.15, 0.2) is 0 Å². The molecule has 0 spiro atoms. The van der Waals surface area contributed by atoms with Crippen LogP contribution >= 0.6 is 11.3 Å². The van der Waals surface area contributed by atoms with Gasteiger partial charge in [0.05, 0.1) is 6.61 Å². The highest BCUT2D eigenvalue weighted by atomic mass is 32.1. The Balaban J connectivity index is 2.13. The Labute approximate surface area is 129 Å². The first-order valence-corrected chi connectivity index (χ1v) is 8.17. The number of methoxy groups -OCH3 is 1. The summed E-state index contributed by atoms with van der Waals surface area (Å²) in [6.07, 6.45) is 3.16. The predicted molar refractivity (Wildman–Crippen MR) is 86.0 cm³/mol. The van der Waals surface area contributed by atoms with Gasteiger partial charge in [-0.15, -0.1) is 0 Å². The summed E-state index contributed by atoms with van der Waals surface area (Å²) < 4.78 is 5.10. The number of aromatic nitrogens is 1. The summed E-state index contributed by atoms with van der Waals surface area (Å²) in [5, 5.41) is 0.806. The first-order chi connectivity index (χ1) is 10.1. The first-order valence-electron chi connectivity index (χ1n) is 7.35. The Morgan fingerprint density at radius 3 is 2.76 bits per heavy atom. The Hall–Kier alpha value is -1.34. The molecule has 1 fully saturated rings. The second-order valence-corrected chi connectivity index (χ2v) is 6.33. The van der Waals surface area contributed by atoms with E-state index in [4.69, 9.17) is 10.5 Å². The second kappa shape index (κ2) is 7.09. The molecule has 7 heteroatoms. The summed E-state index contributed by atoms with van der Waals surface area (Å²) in [6.45, 7) is 4.16. The number of carbonyl (C=O) groups is 1. The molecule has 0 aliphatic heterocycles. The smallest absolute Gasteiger partial charge is 0.268 e. The molecule has 0 saturated heterocycles. The lowest BCUT2D eigenvalue weighted by atomic mass is 10.3. The molecule has 0 unspecified atom stereocenters. The Bertz CT molecular complexity index is 487. The van der Waals surface area contributed by atoms with Crippen molar-refractivity contribution in [2.24, 2.45) is 0 Å². The van der Waals surface area contributed by atoms with Crippen molar-refractivity contribution < 1.29 is 9.53 Å². The first kappa shape index (κ1) is 16.0. The fraction of sp³-hybridized carbons (Fsp3) is 0.714. The van der Waals surface area contributed by atoms with Crippen molar-refractivity contribution in [3.8, 4) is 0 Å². The van der Waals surface area contributed by atoms with Crippen LogP contribution in [-0.2, 0) is 4.74 Å². The third kappa shape index (κ3) is 3.85. The lowest BCUT2D eigenvalue weighted by molar-refractivity contribution is 0.0685. The summed E-state index contributed by atoms with van der Waals surface area (Å²) in [7, 11) is 3.62. The zero-order valence-corrected chi connectivity index (χ0v) is 13.8. The highest BCUT2D eigenvalue weighted by Crippen LogP contribution is 2.33. The molecule has 2 rings (SSSR count). The summed E-state index contributed by atoms with van der Waals surface area (Å²) in [4.78, 5) is 21.5. The van der Waals surface area contributed by atoms with Gasteiger partial charge < -0.3 is 20.3 Å². The van der Waals surface area contributed by atoms with Crippen LogP contribution in [-0.4, -0.2) is 55.7 Å². The maximum Gasteiger partial charge on any atom is 0.268 e. The van der Waals surface area contributed by atoms with Crippen molar-refractivity contribution in [1.29, 1.82) is 0 Å². The van der Waals surface area contributed by atoms with Crippen LogP contribution in [0.2, 0.25) is 0 Å². The molecule has 1 aliphatic rings. The van der Waals surface area contributed by atoms with Gasteiger partial charge in [0.25, 0.3) is 5.91 Å². The van der Waals surface area contributed by atoms with Crippen molar-refractivity contribution in [2.45, 2.75) is 32.2 Å². The van der Waals surface area contributed by atoms with Crippen LogP contribution in [0.5, 0.6) is 0 Å².